The first-order valence-electron chi connectivity index (χ1n) is 9.15. The predicted octanol–water partition coefficient (Wildman–Crippen LogP) is 4.22. The molecule has 7 nitrogen and oxygen atoms in total. The van der Waals surface area contributed by atoms with Crippen LogP contribution >= 0.6 is 0 Å². The number of non-ortho nitro benzene ring substituents is 1. The van der Waals surface area contributed by atoms with E-state index in [1.54, 1.807) is 54.6 Å². The Balaban J connectivity index is 1.90. The highest BCUT2D eigenvalue weighted by atomic mass is 16.6. The number of Topliss-reactive ketones (excluding diaryl/α,β-unsaturated/α-hetero) is 1. The molecule has 1 heterocycles. The summed E-state index contributed by atoms with van der Waals surface area (Å²) in [6.45, 7) is 0. The van der Waals surface area contributed by atoms with Gasteiger partial charge in [0, 0.05) is 23.4 Å². The topological polar surface area (TPSA) is 101 Å². The lowest BCUT2D eigenvalue weighted by molar-refractivity contribution is -0.384. The average molecular weight is 400 g/mol. The summed E-state index contributed by atoms with van der Waals surface area (Å²) in [5.41, 5.74) is 1.19. The fraction of sp³-hybridized carbons (Fsp3) is 0.0435. The highest BCUT2D eigenvalue weighted by molar-refractivity contribution is 6.51. The quantitative estimate of drug-likeness (QED) is 0.232. The number of anilines is 1. The molecule has 0 saturated carbocycles. The van der Waals surface area contributed by atoms with Gasteiger partial charge in [0.15, 0.2) is 0 Å². The number of nitro groups is 1. The molecule has 1 atom stereocenters. The standard InChI is InChI=1S/C23H16N2O5/c26-21(16-11-13-18(14-12-16)25(29)30)19-20(15-7-3-1-4-8-15)24(23(28)22(19)27)17-9-5-2-6-10-17/h1-14,20,26H/t20-/m0/s1. The molecular weight excluding hydrogens is 384 g/mol. The van der Waals surface area contributed by atoms with E-state index >= 15 is 0 Å². The molecule has 0 aliphatic carbocycles. The van der Waals surface area contributed by atoms with Gasteiger partial charge in [0.05, 0.1) is 16.5 Å². The third kappa shape index (κ3) is 3.22. The third-order valence-corrected chi connectivity index (χ3v) is 4.95. The second-order valence-corrected chi connectivity index (χ2v) is 6.72. The zero-order chi connectivity index (χ0) is 21.3. The molecule has 7 heteroatoms. The maximum absolute atomic E-state index is 12.9. The van der Waals surface area contributed by atoms with Gasteiger partial charge in [-0.2, -0.15) is 0 Å². The Morgan fingerprint density at radius 3 is 2.00 bits per heavy atom. The van der Waals surface area contributed by atoms with E-state index in [0.717, 1.165) is 0 Å². The summed E-state index contributed by atoms with van der Waals surface area (Å²) in [6.07, 6.45) is 0. The lowest BCUT2D eigenvalue weighted by Crippen LogP contribution is -2.29. The number of nitrogens with zero attached hydrogens (tertiary/aromatic N) is 2. The van der Waals surface area contributed by atoms with Crippen molar-refractivity contribution in [2.24, 2.45) is 0 Å². The molecule has 1 N–H and O–H groups in total. The Morgan fingerprint density at radius 1 is 0.867 bits per heavy atom. The van der Waals surface area contributed by atoms with Gasteiger partial charge in [0.2, 0.25) is 0 Å². The Labute approximate surface area is 171 Å². The Morgan fingerprint density at radius 2 is 1.43 bits per heavy atom. The van der Waals surface area contributed by atoms with Crippen LogP contribution in [-0.4, -0.2) is 21.7 Å². The zero-order valence-corrected chi connectivity index (χ0v) is 15.6. The second-order valence-electron chi connectivity index (χ2n) is 6.72. The highest BCUT2D eigenvalue weighted by Crippen LogP contribution is 2.42. The van der Waals surface area contributed by atoms with Gasteiger partial charge < -0.3 is 5.11 Å². The summed E-state index contributed by atoms with van der Waals surface area (Å²) in [7, 11) is 0. The zero-order valence-electron chi connectivity index (χ0n) is 15.6. The molecule has 1 aliphatic heterocycles. The van der Waals surface area contributed by atoms with Crippen molar-refractivity contribution in [1.82, 2.24) is 0 Å². The van der Waals surface area contributed by atoms with E-state index in [1.807, 2.05) is 6.07 Å². The minimum atomic E-state index is -0.830. The summed E-state index contributed by atoms with van der Waals surface area (Å²) in [6, 6.07) is 22.0. The number of aliphatic hydroxyl groups excluding tert-OH is 1. The van der Waals surface area contributed by atoms with E-state index in [4.69, 9.17) is 0 Å². The van der Waals surface area contributed by atoms with Crippen LogP contribution in [0.3, 0.4) is 0 Å². The Bertz CT molecular complexity index is 1160. The number of ketones is 1. The van der Waals surface area contributed by atoms with Gasteiger partial charge in [-0.15, -0.1) is 0 Å². The van der Waals surface area contributed by atoms with Gasteiger partial charge >= 0.3 is 0 Å². The number of aliphatic hydroxyl groups is 1. The second kappa shape index (κ2) is 7.63. The summed E-state index contributed by atoms with van der Waals surface area (Å²) in [4.78, 5) is 37.6. The molecule has 0 aromatic heterocycles. The van der Waals surface area contributed by atoms with Gasteiger partial charge in [-0.25, -0.2) is 0 Å². The molecule has 1 saturated heterocycles. The van der Waals surface area contributed by atoms with Crippen LogP contribution < -0.4 is 4.90 Å². The largest absolute Gasteiger partial charge is 0.507 e. The number of para-hydroxylation sites is 1. The van der Waals surface area contributed by atoms with Crippen LogP contribution in [0.15, 0.2) is 90.5 Å². The van der Waals surface area contributed by atoms with Crippen molar-refractivity contribution in [3.8, 4) is 0 Å². The fourth-order valence-electron chi connectivity index (χ4n) is 3.53. The summed E-state index contributed by atoms with van der Waals surface area (Å²) >= 11 is 0. The molecule has 30 heavy (non-hydrogen) atoms. The van der Waals surface area contributed by atoms with Gasteiger partial charge in [0.1, 0.15) is 5.76 Å². The maximum Gasteiger partial charge on any atom is 0.300 e. The van der Waals surface area contributed by atoms with Crippen LogP contribution in [0.25, 0.3) is 5.76 Å². The molecule has 148 valence electrons. The highest BCUT2D eigenvalue weighted by Gasteiger charge is 2.46. The minimum Gasteiger partial charge on any atom is -0.507 e. The SMILES string of the molecule is O=C1C(=O)N(c2ccccc2)[C@@H](c2ccccc2)C1=C(O)c1ccc([N+](=O)[O-])cc1. The smallest absolute Gasteiger partial charge is 0.300 e. The summed E-state index contributed by atoms with van der Waals surface area (Å²) in [5, 5.41) is 21.8. The Kier molecular flexibility index (Phi) is 4.85. The first kappa shape index (κ1) is 19.1. The van der Waals surface area contributed by atoms with Gasteiger partial charge in [-0.1, -0.05) is 48.5 Å². The number of benzene rings is 3. The Hall–Kier alpha value is -4.26. The summed E-state index contributed by atoms with van der Waals surface area (Å²) < 4.78 is 0. The van der Waals surface area contributed by atoms with Crippen molar-refractivity contribution in [1.29, 1.82) is 0 Å². The van der Waals surface area contributed by atoms with Gasteiger partial charge in [-0.3, -0.25) is 24.6 Å². The number of carbonyl (C=O) groups is 2. The van der Waals surface area contributed by atoms with Crippen LogP contribution in [0.5, 0.6) is 0 Å². The van der Waals surface area contributed by atoms with Crippen molar-refractivity contribution in [3.05, 3.63) is 112 Å². The van der Waals surface area contributed by atoms with E-state index in [2.05, 4.69) is 0 Å². The minimum absolute atomic E-state index is 0.0658. The van der Waals surface area contributed by atoms with Crippen molar-refractivity contribution in [2.45, 2.75) is 6.04 Å². The van der Waals surface area contributed by atoms with E-state index in [1.165, 1.54) is 29.2 Å². The van der Waals surface area contributed by atoms with Crippen LogP contribution in [0.1, 0.15) is 17.2 Å². The number of rotatable bonds is 4. The van der Waals surface area contributed by atoms with Gasteiger partial charge in [0.25, 0.3) is 17.4 Å². The fourth-order valence-corrected chi connectivity index (χ4v) is 3.53. The molecule has 4 rings (SSSR count). The van der Waals surface area contributed by atoms with Crippen molar-refractivity contribution in [3.63, 3.8) is 0 Å². The first-order chi connectivity index (χ1) is 14.5. The average Bonchev–Trinajstić information content (AvgIpc) is 3.05. The monoisotopic (exact) mass is 400 g/mol. The third-order valence-electron chi connectivity index (χ3n) is 4.95. The predicted molar refractivity (Wildman–Crippen MR) is 111 cm³/mol. The molecule has 3 aromatic rings. The van der Waals surface area contributed by atoms with Crippen LogP contribution in [-0.2, 0) is 9.59 Å². The van der Waals surface area contributed by atoms with Crippen molar-refractivity contribution >= 4 is 28.8 Å². The molecular formula is C23H16N2O5. The van der Waals surface area contributed by atoms with Crippen molar-refractivity contribution < 1.29 is 19.6 Å². The lowest BCUT2D eigenvalue weighted by Gasteiger charge is -2.25. The lowest BCUT2D eigenvalue weighted by atomic mass is 9.95. The number of hydrogen-bond donors (Lipinski definition) is 1. The van der Waals surface area contributed by atoms with Crippen LogP contribution in [0.2, 0.25) is 0 Å². The molecule has 1 aliphatic rings. The van der Waals surface area contributed by atoms with E-state index < -0.39 is 22.7 Å². The first-order valence-corrected chi connectivity index (χ1v) is 9.15. The maximum atomic E-state index is 12.9. The molecule has 0 unspecified atom stereocenters. The van der Waals surface area contributed by atoms with Crippen LogP contribution in [0.4, 0.5) is 11.4 Å². The summed E-state index contributed by atoms with van der Waals surface area (Å²) in [5.74, 6) is -1.95. The molecule has 0 radical (unpaired) electrons. The normalized spacial score (nSPS) is 17.9. The number of hydrogen-bond acceptors (Lipinski definition) is 5. The number of nitro benzene ring substituents is 1. The molecule has 1 fully saturated rings. The van der Waals surface area contributed by atoms with Crippen LogP contribution in [0, 0.1) is 10.1 Å². The number of carbonyl (C=O) groups excluding carboxylic acids is 2. The van der Waals surface area contributed by atoms with E-state index in [9.17, 15) is 24.8 Å². The molecule has 0 bridgehead atoms. The van der Waals surface area contributed by atoms with Crippen molar-refractivity contribution in [2.75, 3.05) is 4.90 Å². The molecule has 0 spiro atoms. The molecule has 3 aromatic carbocycles. The van der Waals surface area contributed by atoms with E-state index in [-0.39, 0.29) is 22.6 Å². The van der Waals surface area contributed by atoms with Gasteiger partial charge in [-0.05, 0) is 29.8 Å². The molecule has 1 amide bonds. The van der Waals surface area contributed by atoms with E-state index in [0.29, 0.717) is 11.3 Å². The number of amides is 1.